The molecule has 0 saturated carbocycles. The summed E-state index contributed by atoms with van der Waals surface area (Å²) in [7, 11) is 0. The minimum atomic E-state index is 1.11. The van der Waals surface area contributed by atoms with E-state index in [-0.39, 0.29) is 0 Å². The number of benzene rings is 6. The fourth-order valence-electron chi connectivity index (χ4n) is 6.20. The van der Waals surface area contributed by atoms with Gasteiger partial charge in [0.2, 0.25) is 0 Å². The molecule has 0 bridgehead atoms. The Morgan fingerprint density at radius 1 is 0.395 bits per heavy atom. The van der Waals surface area contributed by atoms with Crippen molar-refractivity contribution in [2.75, 3.05) is 0 Å². The maximum Gasteiger partial charge on any atom is 0.0619 e. The first-order valence-electron chi connectivity index (χ1n) is 14.6. The molecular formula is C41H28N2. The second-order valence-electron chi connectivity index (χ2n) is 10.9. The molecule has 0 aliphatic rings. The zero-order valence-electron chi connectivity index (χ0n) is 23.6. The summed E-state index contributed by atoms with van der Waals surface area (Å²) >= 11 is 0. The summed E-state index contributed by atoms with van der Waals surface area (Å²) in [5.74, 6) is 0. The van der Waals surface area contributed by atoms with Gasteiger partial charge >= 0.3 is 0 Å². The molecule has 2 heterocycles. The summed E-state index contributed by atoms with van der Waals surface area (Å²) in [6.07, 6.45) is 3.73. The standard InChI is InChI=1S/C41H28N2/c1-4-11-29(12-5-1)33-20-23-40-38(25-33)39-27-35(30-13-6-2-7-14-30)26-37(32-15-8-3-9-16-32)41(39)43(40)36-21-18-31(19-22-36)34-17-10-24-42-28-34/h1-28H. The van der Waals surface area contributed by atoms with E-state index in [1.54, 1.807) is 0 Å². The van der Waals surface area contributed by atoms with E-state index in [2.05, 4.69) is 161 Å². The van der Waals surface area contributed by atoms with E-state index in [1.165, 1.54) is 55.2 Å². The lowest BCUT2D eigenvalue weighted by molar-refractivity contribution is 1.18. The van der Waals surface area contributed by atoms with E-state index in [0.29, 0.717) is 0 Å². The van der Waals surface area contributed by atoms with E-state index in [4.69, 9.17) is 0 Å². The first-order valence-corrected chi connectivity index (χ1v) is 14.6. The maximum atomic E-state index is 4.32. The van der Waals surface area contributed by atoms with Gasteiger partial charge in [0.05, 0.1) is 11.0 Å². The van der Waals surface area contributed by atoms with Crippen LogP contribution in [0, 0.1) is 0 Å². The zero-order valence-corrected chi connectivity index (χ0v) is 23.6. The highest BCUT2D eigenvalue weighted by Crippen LogP contribution is 2.42. The van der Waals surface area contributed by atoms with Crippen molar-refractivity contribution in [2.45, 2.75) is 0 Å². The highest BCUT2D eigenvalue weighted by Gasteiger charge is 2.19. The van der Waals surface area contributed by atoms with E-state index < -0.39 is 0 Å². The molecule has 0 unspecified atom stereocenters. The van der Waals surface area contributed by atoms with Crippen molar-refractivity contribution < 1.29 is 0 Å². The van der Waals surface area contributed by atoms with E-state index in [9.17, 15) is 0 Å². The lowest BCUT2D eigenvalue weighted by atomic mass is 9.95. The van der Waals surface area contributed by atoms with Gasteiger partial charge in [0, 0.05) is 34.4 Å². The van der Waals surface area contributed by atoms with Gasteiger partial charge in [-0.3, -0.25) is 4.98 Å². The molecule has 6 aromatic carbocycles. The molecule has 0 amide bonds. The van der Waals surface area contributed by atoms with Crippen LogP contribution in [0.3, 0.4) is 0 Å². The SMILES string of the molecule is c1ccc(-c2ccc3c(c2)c2cc(-c4ccccc4)cc(-c4ccccc4)c2n3-c2ccc(-c3cccnc3)cc2)cc1. The van der Waals surface area contributed by atoms with Gasteiger partial charge in [-0.1, -0.05) is 115 Å². The van der Waals surface area contributed by atoms with Crippen LogP contribution in [0.2, 0.25) is 0 Å². The van der Waals surface area contributed by atoms with Crippen molar-refractivity contribution in [3.05, 3.63) is 170 Å². The molecular weight excluding hydrogens is 520 g/mol. The Bertz CT molecular complexity index is 2180. The number of hydrogen-bond acceptors (Lipinski definition) is 1. The molecule has 0 saturated heterocycles. The number of hydrogen-bond donors (Lipinski definition) is 0. The van der Waals surface area contributed by atoms with Crippen LogP contribution >= 0.6 is 0 Å². The van der Waals surface area contributed by atoms with Crippen molar-refractivity contribution in [3.8, 4) is 50.2 Å². The number of rotatable bonds is 5. The Kier molecular flexibility index (Phi) is 6.16. The fraction of sp³-hybridized carbons (Fsp3) is 0. The summed E-state index contributed by atoms with van der Waals surface area (Å²) in [4.78, 5) is 4.32. The largest absolute Gasteiger partial charge is 0.309 e. The third kappa shape index (κ3) is 4.50. The topological polar surface area (TPSA) is 17.8 Å². The molecule has 202 valence electrons. The van der Waals surface area contributed by atoms with Crippen molar-refractivity contribution in [1.29, 1.82) is 0 Å². The third-order valence-electron chi connectivity index (χ3n) is 8.28. The lowest BCUT2D eigenvalue weighted by Gasteiger charge is -2.14. The fourth-order valence-corrected chi connectivity index (χ4v) is 6.20. The number of pyridine rings is 1. The number of nitrogens with zero attached hydrogens (tertiary/aromatic N) is 2. The molecule has 0 aliphatic carbocycles. The highest BCUT2D eigenvalue weighted by atomic mass is 15.0. The van der Waals surface area contributed by atoms with E-state index >= 15 is 0 Å². The Hall–Kier alpha value is -5.73. The summed E-state index contributed by atoms with van der Waals surface area (Å²) in [6.45, 7) is 0. The molecule has 0 spiro atoms. The minimum absolute atomic E-state index is 1.11. The van der Waals surface area contributed by atoms with Gasteiger partial charge in [0.25, 0.3) is 0 Å². The molecule has 2 nitrogen and oxygen atoms in total. The van der Waals surface area contributed by atoms with Gasteiger partial charge in [-0.05, 0) is 81.4 Å². The predicted octanol–water partition coefficient (Wildman–Crippen LogP) is 10.8. The van der Waals surface area contributed by atoms with Gasteiger partial charge in [-0.15, -0.1) is 0 Å². The first kappa shape index (κ1) is 25.0. The summed E-state index contributed by atoms with van der Waals surface area (Å²) in [5, 5.41) is 2.48. The second-order valence-corrected chi connectivity index (χ2v) is 10.9. The summed E-state index contributed by atoms with van der Waals surface area (Å²) in [5.41, 5.74) is 13.1. The lowest BCUT2D eigenvalue weighted by Crippen LogP contribution is -1.96. The van der Waals surface area contributed by atoms with Crippen LogP contribution in [0.4, 0.5) is 0 Å². The number of fused-ring (bicyclic) bond motifs is 3. The second kappa shape index (κ2) is 10.6. The van der Waals surface area contributed by atoms with Crippen molar-refractivity contribution in [2.24, 2.45) is 0 Å². The average Bonchev–Trinajstić information content (AvgIpc) is 3.43. The van der Waals surface area contributed by atoms with Crippen molar-refractivity contribution in [3.63, 3.8) is 0 Å². The Balaban J connectivity index is 1.45. The van der Waals surface area contributed by atoms with E-state index in [1.807, 2.05) is 18.5 Å². The van der Waals surface area contributed by atoms with Crippen molar-refractivity contribution in [1.82, 2.24) is 9.55 Å². The average molecular weight is 549 g/mol. The van der Waals surface area contributed by atoms with Gasteiger partial charge in [-0.25, -0.2) is 0 Å². The van der Waals surface area contributed by atoms with Crippen LogP contribution in [-0.4, -0.2) is 9.55 Å². The molecule has 8 aromatic rings. The maximum absolute atomic E-state index is 4.32. The predicted molar refractivity (Wildman–Crippen MR) is 180 cm³/mol. The summed E-state index contributed by atoms with van der Waals surface area (Å²) in [6, 6.07) is 56.7. The molecule has 2 heteroatoms. The molecule has 0 radical (unpaired) electrons. The molecule has 2 aromatic heterocycles. The van der Waals surface area contributed by atoms with Crippen LogP contribution in [0.5, 0.6) is 0 Å². The normalized spacial score (nSPS) is 11.3. The Labute approximate surface area is 251 Å². The molecule has 43 heavy (non-hydrogen) atoms. The van der Waals surface area contributed by atoms with Crippen LogP contribution in [0.25, 0.3) is 72.0 Å². The van der Waals surface area contributed by atoms with Crippen LogP contribution in [-0.2, 0) is 0 Å². The van der Waals surface area contributed by atoms with Crippen LogP contribution < -0.4 is 0 Å². The van der Waals surface area contributed by atoms with Gasteiger partial charge in [0.1, 0.15) is 0 Å². The minimum Gasteiger partial charge on any atom is -0.309 e. The van der Waals surface area contributed by atoms with Gasteiger partial charge < -0.3 is 4.57 Å². The Morgan fingerprint density at radius 3 is 1.60 bits per heavy atom. The summed E-state index contributed by atoms with van der Waals surface area (Å²) < 4.78 is 2.43. The quantitative estimate of drug-likeness (QED) is 0.209. The molecule has 0 aliphatic heterocycles. The molecule has 0 N–H and O–H groups in total. The smallest absolute Gasteiger partial charge is 0.0619 e. The molecule has 8 rings (SSSR count). The van der Waals surface area contributed by atoms with Crippen molar-refractivity contribution >= 4 is 21.8 Å². The first-order chi connectivity index (χ1) is 21.3. The van der Waals surface area contributed by atoms with Crippen LogP contribution in [0.15, 0.2) is 170 Å². The molecule has 0 fully saturated rings. The monoisotopic (exact) mass is 548 g/mol. The molecule has 0 atom stereocenters. The van der Waals surface area contributed by atoms with Gasteiger partial charge in [-0.2, -0.15) is 0 Å². The Morgan fingerprint density at radius 2 is 0.953 bits per heavy atom. The van der Waals surface area contributed by atoms with Gasteiger partial charge in [0.15, 0.2) is 0 Å². The number of aromatic nitrogens is 2. The zero-order chi connectivity index (χ0) is 28.6. The third-order valence-corrected chi connectivity index (χ3v) is 8.28. The highest BCUT2D eigenvalue weighted by molar-refractivity contribution is 6.16. The van der Waals surface area contributed by atoms with Crippen LogP contribution in [0.1, 0.15) is 0 Å². The van der Waals surface area contributed by atoms with E-state index in [0.717, 1.165) is 16.8 Å².